The zero-order chi connectivity index (χ0) is 38.5. The third kappa shape index (κ3) is 10.6. The van der Waals surface area contributed by atoms with Gasteiger partial charge in [-0.05, 0) is 118 Å². The molecule has 3 saturated heterocycles. The molecule has 0 radical (unpaired) electrons. The molecule has 3 aromatic rings. The number of piperidine rings is 3. The molecule has 0 bridgehead atoms. The van der Waals surface area contributed by atoms with Crippen LogP contribution in [0.2, 0.25) is 0 Å². The Balaban J connectivity index is 0.998. The van der Waals surface area contributed by atoms with Crippen LogP contribution in [-0.4, -0.2) is 109 Å². The van der Waals surface area contributed by atoms with Crippen molar-refractivity contribution in [2.75, 3.05) is 76.3 Å². The number of rotatable bonds is 10. The molecule has 1 aromatic heterocycles. The van der Waals surface area contributed by atoms with Gasteiger partial charge in [-0.1, -0.05) is 12.0 Å². The molecule has 4 heterocycles. The van der Waals surface area contributed by atoms with Gasteiger partial charge in [-0.3, -0.25) is 14.5 Å². The topological polar surface area (TPSA) is 89.9 Å². The summed E-state index contributed by atoms with van der Waals surface area (Å²) in [5, 5.41) is 8.24. The Morgan fingerprint density at radius 3 is 2.09 bits per heavy atom. The second kappa shape index (κ2) is 17.2. The van der Waals surface area contributed by atoms with Crippen LogP contribution in [0, 0.1) is 23.7 Å². The van der Waals surface area contributed by atoms with Crippen molar-refractivity contribution < 1.29 is 27.3 Å². The molecule has 2 amide bonds. The molecular formula is C41H54F3N6O3P. The summed E-state index contributed by atoms with van der Waals surface area (Å²) in [6.45, 7) is 9.48. The SMILES string of the molecule is CC(=O)N1CCC(CC2CCN(C(=O)CN3CCC(Nc4cccc5c4cc(C#CCNc4ccc(P(C)(C)=O)cc4)n5CC(F)(F)F)CC3)CC2)CC1. The largest absolute Gasteiger partial charge is 0.406 e. The maximum atomic E-state index is 13.7. The summed E-state index contributed by atoms with van der Waals surface area (Å²) in [5.74, 6) is 7.63. The maximum absolute atomic E-state index is 13.7. The molecule has 0 saturated carbocycles. The van der Waals surface area contributed by atoms with Crippen LogP contribution in [-0.2, 0) is 20.7 Å². The van der Waals surface area contributed by atoms with Gasteiger partial charge in [0.2, 0.25) is 11.8 Å². The lowest BCUT2D eigenvalue weighted by atomic mass is 9.83. The lowest BCUT2D eigenvalue weighted by Gasteiger charge is -2.38. The molecule has 2 aromatic carbocycles. The van der Waals surface area contributed by atoms with E-state index in [-0.39, 0.29) is 24.4 Å². The average Bonchev–Trinajstić information content (AvgIpc) is 3.47. The number of carbonyl (C=O) groups excluding carboxylic acids is 2. The van der Waals surface area contributed by atoms with Crippen LogP contribution in [0.5, 0.6) is 0 Å². The van der Waals surface area contributed by atoms with Crippen molar-refractivity contribution in [3.8, 4) is 11.8 Å². The lowest BCUT2D eigenvalue weighted by Crippen LogP contribution is -2.47. The molecule has 0 spiro atoms. The Hall–Kier alpha value is -3.94. The number of fused-ring (bicyclic) bond motifs is 1. The number of nitrogens with zero attached hydrogens (tertiary/aromatic N) is 4. The first-order valence-corrected chi connectivity index (χ1v) is 21.9. The zero-order valence-electron chi connectivity index (χ0n) is 31.8. The fraction of sp³-hybridized carbons (Fsp3) is 0.561. The summed E-state index contributed by atoms with van der Waals surface area (Å²) in [6, 6.07) is 14.5. The number of halogens is 3. The number of likely N-dealkylation sites (tertiary alicyclic amines) is 3. The predicted octanol–water partition coefficient (Wildman–Crippen LogP) is 6.68. The van der Waals surface area contributed by atoms with Crippen molar-refractivity contribution >= 4 is 46.5 Å². The Labute approximate surface area is 317 Å². The van der Waals surface area contributed by atoms with E-state index in [9.17, 15) is 27.3 Å². The first-order valence-electron chi connectivity index (χ1n) is 19.3. The molecule has 6 rings (SSSR count). The van der Waals surface area contributed by atoms with E-state index in [1.807, 2.05) is 40.1 Å². The first kappa shape index (κ1) is 39.7. The summed E-state index contributed by atoms with van der Waals surface area (Å²) >= 11 is 0. The third-order valence-corrected chi connectivity index (χ3v) is 12.9. The van der Waals surface area contributed by atoms with Gasteiger partial charge in [0.1, 0.15) is 13.7 Å². The molecule has 54 heavy (non-hydrogen) atoms. The summed E-state index contributed by atoms with van der Waals surface area (Å²) in [4.78, 5) is 31.1. The molecule has 3 aliphatic rings. The zero-order valence-corrected chi connectivity index (χ0v) is 32.7. The van der Waals surface area contributed by atoms with Crippen LogP contribution in [0.25, 0.3) is 10.9 Å². The Bertz CT molecular complexity index is 1870. The van der Waals surface area contributed by atoms with Crippen molar-refractivity contribution in [1.82, 2.24) is 19.3 Å². The van der Waals surface area contributed by atoms with Crippen LogP contribution in [0.4, 0.5) is 24.5 Å². The van der Waals surface area contributed by atoms with E-state index in [0.29, 0.717) is 35.0 Å². The first-order chi connectivity index (χ1) is 25.7. The van der Waals surface area contributed by atoms with Gasteiger partial charge in [0.25, 0.3) is 0 Å². The van der Waals surface area contributed by atoms with E-state index >= 15 is 0 Å². The van der Waals surface area contributed by atoms with Gasteiger partial charge in [-0.2, -0.15) is 13.2 Å². The van der Waals surface area contributed by atoms with Gasteiger partial charge in [0.05, 0.1) is 24.3 Å². The van der Waals surface area contributed by atoms with E-state index in [0.717, 1.165) is 94.5 Å². The Kier molecular flexibility index (Phi) is 12.7. The average molecular weight is 767 g/mol. The number of alkyl halides is 3. The molecule has 3 aliphatic heterocycles. The number of aromatic nitrogens is 1. The lowest BCUT2D eigenvalue weighted by molar-refractivity contribution is -0.140. The van der Waals surface area contributed by atoms with E-state index in [2.05, 4.69) is 27.4 Å². The van der Waals surface area contributed by atoms with Crippen LogP contribution in [0.15, 0.2) is 48.5 Å². The number of benzene rings is 2. The molecule has 9 nitrogen and oxygen atoms in total. The van der Waals surface area contributed by atoms with E-state index in [1.54, 1.807) is 38.5 Å². The van der Waals surface area contributed by atoms with E-state index in [4.69, 9.17) is 0 Å². The molecule has 2 N–H and O–H groups in total. The van der Waals surface area contributed by atoms with E-state index < -0.39 is 19.9 Å². The minimum atomic E-state index is -4.42. The van der Waals surface area contributed by atoms with Crippen molar-refractivity contribution in [2.24, 2.45) is 11.8 Å². The summed E-state index contributed by atoms with van der Waals surface area (Å²) < 4.78 is 54.8. The monoisotopic (exact) mass is 766 g/mol. The number of carbonyl (C=O) groups is 2. The molecule has 0 atom stereocenters. The third-order valence-electron chi connectivity index (χ3n) is 11.4. The second-order valence-corrected chi connectivity index (χ2v) is 18.9. The molecule has 292 valence electrons. The number of hydrogen-bond acceptors (Lipinski definition) is 6. The highest BCUT2D eigenvalue weighted by molar-refractivity contribution is 7.70. The number of hydrogen-bond donors (Lipinski definition) is 2. The minimum Gasteiger partial charge on any atom is -0.382 e. The molecule has 3 fully saturated rings. The summed E-state index contributed by atoms with van der Waals surface area (Å²) in [6.07, 6.45) is 2.68. The molecular weight excluding hydrogens is 712 g/mol. The molecule has 0 aliphatic carbocycles. The fourth-order valence-electron chi connectivity index (χ4n) is 8.20. The quantitative estimate of drug-likeness (QED) is 0.177. The van der Waals surface area contributed by atoms with Crippen molar-refractivity contribution in [2.45, 2.75) is 70.6 Å². The van der Waals surface area contributed by atoms with Gasteiger partial charge in [0, 0.05) is 74.3 Å². The van der Waals surface area contributed by atoms with Gasteiger partial charge in [-0.25, -0.2) is 0 Å². The Morgan fingerprint density at radius 1 is 0.870 bits per heavy atom. The molecule has 13 heteroatoms. The summed E-state index contributed by atoms with van der Waals surface area (Å²) in [7, 11) is -2.36. The highest BCUT2D eigenvalue weighted by Crippen LogP contribution is 2.35. The van der Waals surface area contributed by atoms with Crippen LogP contribution >= 0.6 is 7.14 Å². The van der Waals surface area contributed by atoms with Crippen molar-refractivity contribution in [1.29, 1.82) is 0 Å². The summed E-state index contributed by atoms with van der Waals surface area (Å²) in [5.41, 5.74) is 2.33. The smallest absolute Gasteiger partial charge is 0.382 e. The second-order valence-electron chi connectivity index (χ2n) is 15.7. The normalized spacial score (nSPS) is 18.4. The van der Waals surface area contributed by atoms with Gasteiger partial charge < -0.3 is 29.6 Å². The standard InChI is InChI=1S/C41H54F3N6O3P/c1-30(51)48-22-13-31(14-23-48)26-32-15-24-49(25-16-32)40(52)28-47-20-17-34(18-21-47)46-38-7-4-8-39-37(38)27-35(50(39)29-41(42,43)44)6-5-19-45-33-9-11-36(12-10-33)54(2,3)53/h4,7-12,27,31-32,34,45-46H,13-26,28-29H2,1-3H3. The number of amides is 2. The van der Waals surface area contributed by atoms with Crippen molar-refractivity contribution in [3.63, 3.8) is 0 Å². The minimum absolute atomic E-state index is 0.130. The van der Waals surface area contributed by atoms with Crippen LogP contribution in [0.3, 0.4) is 0 Å². The Morgan fingerprint density at radius 2 is 1.50 bits per heavy atom. The van der Waals surface area contributed by atoms with E-state index in [1.165, 1.54) is 11.0 Å². The number of nitrogens with one attached hydrogen (secondary N) is 2. The maximum Gasteiger partial charge on any atom is 0.406 e. The van der Waals surface area contributed by atoms with Gasteiger partial charge >= 0.3 is 6.18 Å². The van der Waals surface area contributed by atoms with Crippen LogP contribution in [0.1, 0.15) is 57.6 Å². The molecule has 0 unspecified atom stereocenters. The highest BCUT2D eigenvalue weighted by atomic mass is 31.2. The van der Waals surface area contributed by atoms with Crippen LogP contribution < -0.4 is 15.9 Å². The van der Waals surface area contributed by atoms with Gasteiger partial charge in [-0.15, -0.1) is 0 Å². The fourth-order valence-corrected chi connectivity index (χ4v) is 9.07. The van der Waals surface area contributed by atoms with Gasteiger partial charge in [0.15, 0.2) is 0 Å². The predicted molar refractivity (Wildman–Crippen MR) is 211 cm³/mol. The highest BCUT2D eigenvalue weighted by Gasteiger charge is 2.31. The van der Waals surface area contributed by atoms with Crippen molar-refractivity contribution in [3.05, 3.63) is 54.2 Å². The number of anilines is 2.